The quantitative estimate of drug-likeness (QED) is 0.824. The van der Waals surface area contributed by atoms with Crippen molar-refractivity contribution in [3.63, 3.8) is 0 Å². The second-order valence-electron chi connectivity index (χ2n) is 6.00. The summed E-state index contributed by atoms with van der Waals surface area (Å²) in [7, 11) is 0. The molecule has 1 atom stereocenters. The van der Waals surface area contributed by atoms with Gasteiger partial charge in [-0.25, -0.2) is 0 Å². The minimum atomic E-state index is -4.24. The Morgan fingerprint density at radius 2 is 1.92 bits per heavy atom. The molecule has 0 radical (unpaired) electrons. The molecule has 1 unspecified atom stereocenters. The Labute approximate surface area is 144 Å². The van der Waals surface area contributed by atoms with Crippen LogP contribution < -0.4 is 5.32 Å². The van der Waals surface area contributed by atoms with Crippen molar-refractivity contribution in [3.8, 4) is 0 Å². The van der Waals surface area contributed by atoms with Crippen molar-refractivity contribution >= 4 is 18.3 Å². The average Bonchev–Trinajstić information content (AvgIpc) is 2.97. The second kappa shape index (κ2) is 7.28. The fraction of sp³-hybridized carbons (Fsp3) is 0.714. The molecule has 24 heavy (non-hydrogen) atoms. The molecule has 1 fully saturated rings. The van der Waals surface area contributed by atoms with Crippen LogP contribution in [0.25, 0.3) is 0 Å². The summed E-state index contributed by atoms with van der Waals surface area (Å²) >= 11 is 0. The van der Waals surface area contributed by atoms with Gasteiger partial charge in [-0.15, -0.1) is 12.4 Å². The topological polar surface area (TPSA) is 64.3 Å². The molecule has 2 aliphatic heterocycles. The summed E-state index contributed by atoms with van der Waals surface area (Å²) in [5.41, 5.74) is 2.24. The number of halogens is 4. The smallest absolute Gasteiger partial charge is 0.335 e. The van der Waals surface area contributed by atoms with Crippen molar-refractivity contribution in [2.75, 3.05) is 32.7 Å². The molecule has 3 rings (SSSR count). The van der Waals surface area contributed by atoms with E-state index in [-0.39, 0.29) is 44.5 Å². The molecule has 1 saturated heterocycles. The zero-order chi connectivity index (χ0) is 16.6. The molecular formula is C14H21ClF3N5O. The maximum Gasteiger partial charge on any atom is 0.403 e. The van der Waals surface area contributed by atoms with E-state index in [1.165, 1.54) is 4.90 Å². The lowest BCUT2D eigenvalue weighted by Crippen LogP contribution is -2.54. The van der Waals surface area contributed by atoms with Crippen LogP contribution in [0.4, 0.5) is 13.2 Å². The number of nitrogens with zero attached hydrogens (tertiary/aromatic N) is 3. The molecule has 1 amide bonds. The monoisotopic (exact) mass is 367 g/mol. The largest absolute Gasteiger partial charge is 0.403 e. The highest BCUT2D eigenvalue weighted by atomic mass is 35.5. The molecule has 6 nitrogen and oxygen atoms in total. The van der Waals surface area contributed by atoms with Crippen LogP contribution >= 0.6 is 12.4 Å². The Morgan fingerprint density at radius 1 is 1.25 bits per heavy atom. The van der Waals surface area contributed by atoms with Crippen molar-refractivity contribution in [2.24, 2.45) is 0 Å². The first-order valence-corrected chi connectivity index (χ1v) is 7.75. The molecule has 1 aromatic heterocycles. The number of piperazine rings is 1. The number of aromatic amines is 1. The molecular weight excluding hydrogens is 347 g/mol. The van der Waals surface area contributed by atoms with Gasteiger partial charge in [-0.3, -0.25) is 14.8 Å². The highest BCUT2D eigenvalue weighted by Crippen LogP contribution is 2.25. The molecule has 1 aromatic rings. The van der Waals surface area contributed by atoms with E-state index in [0.29, 0.717) is 12.2 Å². The third kappa shape index (κ3) is 3.68. The number of aromatic nitrogens is 2. The van der Waals surface area contributed by atoms with E-state index in [2.05, 4.69) is 15.5 Å². The number of carbonyl (C=O) groups excluding carboxylic acids is 1. The maximum absolute atomic E-state index is 12.8. The lowest BCUT2D eigenvalue weighted by molar-refractivity contribution is -0.181. The number of rotatable bonds is 2. The molecule has 10 heteroatoms. The van der Waals surface area contributed by atoms with E-state index < -0.39 is 12.2 Å². The Kier molecular flexibility index (Phi) is 5.77. The van der Waals surface area contributed by atoms with Crippen molar-refractivity contribution in [3.05, 3.63) is 17.0 Å². The lowest BCUT2D eigenvalue weighted by atomic mass is 10.1. The predicted octanol–water partition coefficient (Wildman–Crippen LogP) is 1.19. The number of alkyl halides is 3. The van der Waals surface area contributed by atoms with E-state index >= 15 is 0 Å². The SMILES string of the molecule is CC(N1CCN(C(=O)c2n[nH]c3c2CNCC3)CC1)C(F)(F)F.Cl. The van der Waals surface area contributed by atoms with E-state index in [4.69, 9.17) is 0 Å². The summed E-state index contributed by atoms with van der Waals surface area (Å²) in [5.74, 6) is -0.203. The summed E-state index contributed by atoms with van der Waals surface area (Å²) in [5, 5.41) is 10.2. The molecule has 0 aromatic carbocycles. The zero-order valence-corrected chi connectivity index (χ0v) is 14.1. The van der Waals surface area contributed by atoms with Crippen LogP contribution in [0.1, 0.15) is 28.7 Å². The number of amides is 1. The van der Waals surface area contributed by atoms with Gasteiger partial charge in [-0.2, -0.15) is 18.3 Å². The van der Waals surface area contributed by atoms with Crippen LogP contribution in [0.5, 0.6) is 0 Å². The predicted molar refractivity (Wildman–Crippen MR) is 84.2 cm³/mol. The van der Waals surface area contributed by atoms with E-state index in [1.807, 2.05) is 0 Å². The third-order valence-electron chi connectivity index (χ3n) is 4.63. The molecule has 2 N–H and O–H groups in total. The molecule has 2 aliphatic rings. The molecule has 0 spiro atoms. The van der Waals surface area contributed by atoms with Crippen LogP contribution in [0.2, 0.25) is 0 Å². The third-order valence-corrected chi connectivity index (χ3v) is 4.63. The molecule has 0 aliphatic carbocycles. The number of hydrogen-bond donors (Lipinski definition) is 2. The Hall–Kier alpha value is -1.32. The highest BCUT2D eigenvalue weighted by molar-refractivity contribution is 5.94. The molecule has 3 heterocycles. The number of carbonyl (C=O) groups is 1. The summed E-state index contributed by atoms with van der Waals surface area (Å²) in [6, 6.07) is -1.48. The van der Waals surface area contributed by atoms with Crippen LogP contribution in [0.3, 0.4) is 0 Å². The van der Waals surface area contributed by atoms with Gasteiger partial charge in [0, 0.05) is 56.9 Å². The van der Waals surface area contributed by atoms with Gasteiger partial charge in [0.15, 0.2) is 5.69 Å². The molecule has 136 valence electrons. The first-order chi connectivity index (χ1) is 10.9. The highest BCUT2D eigenvalue weighted by Gasteiger charge is 2.41. The average molecular weight is 368 g/mol. The Bertz CT molecular complexity index is 583. The summed E-state index contributed by atoms with van der Waals surface area (Å²) in [4.78, 5) is 15.5. The van der Waals surface area contributed by atoms with E-state index in [0.717, 1.165) is 31.1 Å². The van der Waals surface area contributed by atoms with Gasteiger partial charge in [0.1, 0.15) is 6.04 Å². The fourth-order valence-electron chi connectivity index (χ4n) is 3.07. The van der Waals surface area contributed by atoms with Gasteiger partial charge < -0.3 is 10.2 Å². The van der Waals surface area contributed by atoms with E-state index in [1.54, 1.807) is 4.90 Å². The maximum atomic E-state index is 12.8. The van der Waals surface area contributed by atoms with Gasteiger partial charge >= 0.3 is 6.18 Å². The van der Waals surface area contributed by atoms with Crippen LogP contribution in [0.15, 0.2) is 0 Å². The number of hydrogen-bond acceptors (Lipinski definition) is 4. The van der Waals surface area contributed by atoms with Crippen LogP contribution in [-0.2, 0) is 13.0 Å². The minimum Gasteiger partial charge on any atom is -0.335 e. The van der Waals surface area contributed by atoms with Gasteiger partial charge in [-0.1, -0.05) is 0 Å². The Balaban J connectivity index is 0.00000208. The van der Waals surface area contributed by atoms with Gasteiger partial charge in [0.25, 0.3) is 5.91 Å². The van der Waals surface area contributed by atoms with Crippen LogP contribution in [-0.4, -0.2) is 70.8 Å². The molecule has 0 saturated carbocycles. The normalized spacial score (nSPS) is 20.2. The fourth-order valence-corrected chi connectivity index (χ4v) is 3.07. The standard InChI is InChI=1S/C14H20F3N5O.ClH/c1-9(14(15,16)17)21-4-6-22(7-5-21)13(23)12-10-8-18-3-2-11(10)19-20-12;/h9,18H,2-8H2,1H3,(H,19,20);1H. The van der Waals surface area contributed by atoms with Gasteiger partial charge in [0.05, 0.1) is 0 Å². The summed E-state index contributed by atoms with van der Waals surface area (Å²) in [6.45, 7) is 3.61. The first-order valence-electron chi connectivity index (χ1n) is 7.75. The molecule has 0 bridgehead atoms. The second-order valence-corrected chi connectivity index (χ2v) is 6.00. The lowest BCUT2D eigenvalue weighted by Gasteiger charge is -2.38. The summed E-state index contributed by atoms with van der Waals surface area (Å²) < 4.78 is 38.3. The Morgan fingerprint density at radius 3 is 2.54 bits per heavy atom. The number of fused-ring (bicyclic) bond motifs is 1. The van der Waals surface area contributed by atoms with Gasteiger partial charge in [-0.05, 0) is 6.92 Å². The van der Waals surface area contributed by atoms with Crippen molar-refractivity contribution in [2.45, 2.75) is 32.1 Å². The van der Waals surface area contributed by atoms with Crippen LogP contribution in [0, 0.1) is 0 Å². The van der Waals surface area contributed by atoms with Crippen molar-refractivity contribution in [1.29, 1.82) is 0 Å². The number of H-pyrrole nitrogens is 1. The van der Waals surface area contributed by atoms with Gasteiger partial charge in [0.2, 0.25) is 0 Å². The van der Waals surface area contributed by atoms with E-state index in [9.17, 15) is 18.0 Å². The zero-order valence-electron chi connectivity index (χ0n) is 13.3. The number of nitrogens with one attached hydrogen (secondary N) is 2. The van der Waals surface area contributed by atoms with Crippen molar-refractivity contribution < 1.29 is 18.0 Å². The minimum absolute atomic E-state index is 0. The van der Waals surface area contributed by atoms with Crippen molar-refractivity contribution in [1.82, 2.24) is 25.3 Å². The summed E-state index contributed by atoms with van der Waals surface area (Å²) in [6.07, 6.45) is -3.44. The first kappa shape index (κ1) is 19.0.